The van der Waals surface area contributed by atoms with Crippen molar-refractivity contribution in [1.29, 1.82) is 0 Å². The highest BCUT2D eigenvalue weighted by molar-refractivity contribution is 7.99. The standard InChI is InChI=1S/C17H24O2S/c1-18-16-7-6-14(13-8-10-20-11-9-13)12-17(16)19-15-4-2-3-5-15/h6-7,12-13,15H,2-5,8-11H2,1H3. The van der Waals surface area contributed by atoms with Gasteiger partial charge in [-0.2, -0.15) is 11.8 Å². The van der Waals surface area contributed by atoms with E-state index in [1.807, 2.05) is 0 Å². The molecule has 1 aliphatic heterocycles. The topological polar surface area (TPSA) is 18.5 Å². The Balaban J connectivity index is 1.78. The molecular weight excluding hydrogens is 268 g/mol. The van der Waals surface area contributed by atoms with Gasteiger partial charge in [-0.05, 0) is 73.6 Å². The van der Waals surface area contributed by atoms with Gasteiger partial charge < -0.3 is 9.47 Å². The minimum Gasteiger partial charge on any atom is -0.493 e. The molecule has 0 radical (unpaired) electrons. The lowest BCUT2D eigenvalue weighted by molar-refractivity contribution is 0.200. The Morgan fingerprint density at radius 2 is 1.75 bits per heavy atom. The molecule has 2 nitrogen and oxygen atoms in total. The summed E-state index contributed by atoms with van der Waals surface area (Å²) in [5, 5.41) is 0. The Hall–Kier alpha value is -0.830. The Labute approximate surface area is 126 Å². The molecule has 0 aromatic heterocycles. The Kier molecular flexibility index (Phi) is 4.77. The van der Waals surface area contributed by atoms with E-state index in [0.29, 0.717) is 12.0 Å². The van der Waals surface area contributed by atoms with E-state index >= 15 is 0 Å². The highest BCUT2D eigenvalue weighted by Gasteiger charge is 2.21. The summed E-state index contributed by atoms with van der Waals surface area (Å²) in [6.07, 6.45) is 7.95. The maximum Gasteiger partial charge on any atom is 0.161 e. The van der Waals surface area contributed by atoms with E-state index in [1.54, 1.807) is 7.11 Å². The van der Waals surface area contributed by atoms with Gasteiger partial charge in [-0.25, -0.2) is 0 Å². The van der Waals surface area contributed by atoms with Gasteiger partial charge in [-0.15, -0.1) is 0 Å². The molecule has 1 saturated heterocycles. The highest BCUT2D eigenvalue weighted by Crippen LogP contribution is 2.38. The maximum absolute atomic E-state index is 6.20. The SMILES string of the molecule is COc1ccc(C2CCSCC2)cc1OC1CCCC1. The van der Waals surface area contributed by atoms with Crippen LogP contribution in [0.25, 0.3) is 0 Å². The third-order valence-electron chi connectivity index (χ3n) is 4.48. The van der Waals surface area contributed by atoms with Gasteiger partial charge in [0.2, 0.25) is 0 Å². The van der Waals surface area contributed by atoms with Crippen molar-refractivity contribution >= 4 is 11.8 Å². The monoisotopic (exact) mass is 292 g/mol. The Morgan fingerprint density at radius 1 is 1.00 bits per heavy atom. The molecule has 0 unspecified atom stereocenters. The molecule has 2 aliphatic rings. The zero-order chi connectivity index (χ0) is 13.8. The van der Waals surface area contributed by atoms with Crippen molar-refractivity contribution in [2.24, 2.45) is 0 Å². The van der Waals surface area contributed by atoms with Gasteiger partial charge >= 0.3 is 0 Å². The number of ether oxygens (including phenoxy) is 2. The summed E-state index contributed by atoms with van der Waals surface area (Å²) in [5.41, 5.74) is 1.43. The number of benzene rings is 1. The smallest absolute Gasteiger partial charge is 0.161 e. The van der Waals surface area contributed by atoms with Gasteiger partial charge in [-0.1, -0.05) is 6.07 Å². The number of hydrogen-bond acceptors (Lipinski definition) is 3. The van der Waals surface area contributed by atoms with Crippen molar-refractivity contribution in [2.45, 2.75) is 50.5 Å². The molecule has 20 heavy (non-hydrogen) atoms. The van der Waals surface area contributed by atoms with Crippen molar-refractivity contribution in [2.75, 3.05) is 18.6 Å². The van der Waals surface area contributed by atoms with E-state index in [9.17, 15) is 0 Å². The summed E-state index contributed by atoms with van der Waals surface area (Å²) in [7, 11) is 1.73. The summed E-state index contributed by atoms with van der Waals surface area (Å²) in [6, 6.07) is 6.54. The minimum atomic E-state index is 0.390. The normalized spacial score (nSPS) is 21.1. The van der Waals surface area contributed by atoms with Crippen LogP contribution in [0.4, 0.5) is 0 Å². The van der Waals surface area contributed by atoms with Crippen molar-refractivity contribution < 1.29 is 9.47 Å². The molecule has 1 heterocycles. The van der Waals surface area contributed by atoms with Gasteiger partial charge in [-0.3, -0.25) is 0 Å². The average molecular weight is 292 g/mol. The van der Waals surface area contributed by atoms with Gasteiger partial charge in [0, 0.05) is 0 Å². The van der Waals surface area contributed by atoms with Crippen LogP contribution in [0.2, 0.25) is 0 Å². The molecular formula is C17H24O2S. The van der Waals surface area contributed by atoms with Crippen molar-refractivity contribution in [3.05, 3.63) is 23.8 Å². The minimum absolute atomic E-state index is 0.390. The summed E-state index contributed by atoms with van der Waals surface area (Å²) in [4.78, 5) is 0. The second-order valence-corrected chi connectivity index (χ2v) is 7.05. The molecule has 1 aliphatic carbocycles. The van der Waals surface area contributed by atoms with E-state index in [-0.39, 0.29) is 0 Å². The summed E-state index contributed by atoms with van der Waals surface area (Å²) >= 11 is 2.08. The molecule has 110 valence electrons. The van der Waals surface area contributed by atoms with E-state index in [1.165, 1.54) is 55.6 Å². The largest absolute Gasteiger partial charge is 0.493 e. The first-order valence-corrected chi connectivity index (χ1v) is 8.94. The van der Waals surface area contributed by atoms with E-state index in [4.69, 9.17) is 9.47 Å². The van der Waals surface area contributed by atoms with Crippen LogP contribution in [0.3, 0.4) is 0 Å². The molecule has 3 heteroatoms. The number of rotatable bonds is 4. The molecule has 0 spiro atoms. The lowest BCUT2D eigenvalue weighted by atomic mass is 9.93. The third kappa shape index (κ3) is 3.25. The van der Waals surface area contributed by atoms with E-state index in [0.717, 1.165) is 11.5 Å². The fourth-order valence-electron chi connectivity index (χ4n) is 3.26. The van der Waals surface area contributed by atoms with E-state index < -0.39 is 0 Å². The van der Waals surface area contributed by atoms with Crippen LogP contribution in [0.15, 0.2) is 18.2 Å². The van der Waals surface area contributed by atoms with Crippen LogP contribution in [0.1, 0.15) is 50.0 Å². The van der Waals surface area contributed by atoms with Crippen molar-refractivity contribution in [1.82, 2.24) is 0 Å². The lowest BCUT2D eigenvalue weighted by Gasteiger charge is -2.23. The van der Waals surface area contributed by atoms with Crippen LogP contribution in [0, 0.1) is 0 Å². The molecule has 3 rings (SSSR count). The molecule has 0 N–H and O–H groups in total. The predicted molar refractivity (Wildman–Crippen MR) is 85.2 cm³/mol. The highest BCUT2D eigenvalue weighted by atomic mass is 32.2. The van der Waals surface area contributed by atoms with Crippen molar-refractivity contribution in [3.8, 4) is 11.5 Å². The summed E-state index contributed by atoms with van der Waals surface area (Å²) < 4.78 is 11.7. The van der Waals surface area contributed by atoms with Crippen LogP contribution >= 0.6 is 11.8 Å². The fraction of sp³-hybridized carbons (Fsp3) is 0.647. The quantitative estimate of drug-likeness (QED) is 0.806. The molecule has 0 amide bonds. The zero-order valence-corrected chi connectivity index (χ0v) is 13.1. The Bertz CT molecular complexity index is 435. The second kappa shape index (κ2) is 6.75. The van der Waals surface area contributed by atoms with Crippen LogP contribution in [0.5, 0.6) is 11.5 Å². The van der Waals surface area contributed by atoms with Gasteiger partial charge in [0.25, 0.3) is 0 Å². The number of hydrogen-bond donors (Lipinski definition) is 0. The third-order valence-corrected chi connectivity index (χ3v) is 5.52. The average Bonchev–Trinajstić information content (AvgIpc) is 3.01. The molecule has 1 aromatic rings. The van der Waals surface area contributed by atoms with Gasteiger partial charge in [0.15, 0.2) is 11.5 Å². The summed E-state index contributed by atoms with van der Waals surface area (Å²) in [5.74, 6) is 5.11. The lowest BCUT2D eigenvalue weighted by Crippen LogP contribution is -2.13. The number of thioether (sulfide) groups is 1. The molecule has 1 aromatic carbocycles. The second-order valence-electron chi connectivity index (χ2n) is 5.82. The molecule has 0 atom stereocenters. The summed E-state index contributed by atoms with van der Waals surface area (Å²) in [6.45, 7) is 0. The number of methoxy groups -OCH3 is 1. The zero-order valence-electron chi connectivity index (χ0n) is 12.3. The first kappa shape index (κ1) is 14.1. The first-order valence-electron chi connectivity index (χ1n) is 7.79. The molecule has 1 saturated carbocycles. The van der Waals surface area contributed by atoms with Gasteiger partial charge in [0.05, 0.1) is 13.2 Å². The first-order chi connectivity index (χ1) is 9.86. The van der Waals surface area contributed by atoms with Gasteiger partial charge in [0.1, 0.15) is 0 Å². The van der Waals surface area contributed by atoms with Crippen molar-refractivity contribution in [3.63, 3.8) is 0 Å². The Morgan fingerprint density at radius 3 is 2.45 bits per heavy atom. The van der Waals surface area contributed by atoms with Crippen LogP contribution < -0.4 is 9.47 Å². The van der Waals surface area contributed by atoms with Crippen LogP contribution in [-0.2, 0) is 0 Å². The van der Waals surface area contributed by atoms with Crippen LogP contribution in [-0.4, -0.2) is 24.7 Å². The van der Waals surface area contributed by atoms with E-state index in [2.05, 4.69) is 30.0 Å². The predicted octanol–water partition coefficient (Wildman–Crippen LogP) is 4.63. The molecule has 0 bridgehead atoms. The maximum atomic E-state index is 6.20. The molecule has 2 fully saturated rings. The fourth-order valence-corrected chi connectivity index (χ4v) is 4.36.